The van der Waals surface area contributed by atoms with Crippen LogP contribution in [0.3, 0.4) is 0 Å². The molecule has 7 heteroatoms. The van der Waals surface area contributed by atoms with E-state index in [4.69, 9.17) is 23.2 Å². The van der Waals surface area contributed by atoms with Gasteiger partial charge in [-0.2, -0.15) is 0 Å². The fraction of sp³-hybridized carbons (Fsp3) is 0.333. The number of aromatic nitrogens is 2. The second kappa shape index (κ2) is 6.28. The molecule has 0 saturated carbocycles. The highest BCUT2D eigenvalue weighted by molar-refractivity contribution is 6.42. The number of halogens is 2. The lowest BCUT2D eigenvalue weighted by molar-refractivity contribution is 0.0658. The van der Waals surface area contributed by atoms with Gasteiger partial charge in [-0.05, 0) is 25.2 Å². The van der Waals surface area contributed by atoms with E-state index in [1.54, 1.807) is 29.2 Å². The molecule has 0 bridgehead atoms. The van der Waals surface area contributed by atoms with E-state index in [2.05, 4.69) is 16.9 Å². The van der Waals surface area contributed by atoms with E-state index in [1.807, 2.05) is 11.0 Å². The van der Waals surface area contributed by atoms with Gasteiger partial charge in [-0.15, -0.1) is 0 Å². The Morgan fingerprint density at radius 1 is 1.14 bits per heavy atom. The van der Waals surface area contributed by atoms with E-state index < -0.39 is 0 Å². The van der Waals surface area contributed by atoms with Crippen molar-refractivity contribution in [1.29, 1.82) is 0 Å². The fourth-order valence-corrected chi connectivity index (χ4v) is 2.68. The van der Waals surface area contributed by atoms with Gasteiger partial charge >= 0.3 is 0 Å². The maximum absolute atomic E-state index is 12.5. The number of rotatable bonds is 2. The molecule has 1 amide bonds. The first kappa shape index (κ1) is 15.3. The van der Waals surface area contributed by atoms with E-state index in [9.17, 15) is 4.79 Å². The molecule has 1 aliphatic rings. The summed E-state index contributed by atoms with van der Waals surface area (Å²) in [4.78, 5) is 20.7. The minimum atomic E-state index is -0.0353. The van der Waals surface area contributed by atoms with Gasteiger partial charge in [0.15, 0.2) is 0 Å². The van der Waals surface area contributed by atoms with Crippen LogP contribution in [0.15, 0.2) is 30.7 Å². The molecule has 0 aliphatic carbocycles. The maximum atomic E-state index is 12.5. The third kappa shape index (κ3) is 3.11. The van der Waals surface area contributed by atoms with Gasteiger partial charge in [-0.1, -0.05) is 23.2 Å². The number of nitrogens with zero attached hydrogens (tertiary/aromatic N) is 4. The number of imidazole rings is 1. The second-order valence-electron chi connectivity index (χ2n) is 5.36. The summed E-state index contributed by atoms with van der Waals surface area (Å²) in [6.45, 7) is 3.24. The molecule has 3 rings (SSSR count). The van der Waals surface area contributed by atoms with Gasteiger partial charge in [0.25, 0.3) is 5.91 Å². The van der Waals surface area contributed by atoms with Crippen molar-refractivity contribution in [3.05, 3.63) is 46.5 Å². The Hall–Kier alpha value is -1.56. The molecule has 0 unspecified atom stereocenters. The van der Waals surface area contributed by atoms with Crippen molar-refractivity contribution in [2.24, 2.45) is 0 Å². The van der Waals surface area contributed by atoms with Gasteiger partial charge in [-0.3, -0.25) is 4.79 Å². The number of carbonyl (C=O) groups is 1. The largest absolute Gasteiger partial charge is 0.335 e. The summed E-state index contributed by atoms with van der Waals surface area (Å²) in [5.74, 6) is -0.0353. The van der Waals surface area contributed by atoms with Crippen LogP contribution >= 0.6 is 23.2 Å². The molecule has 1 aliphatic heterocycles. The van der Waals surface area contributed by atoms with Gasteiger partial charge in [0.05, 0.1) is 10.0 Å². The third-order valence-electron chi connectivity index (χ3n) is 3.79. The molecule has 2 heterocycles. The van der Waals surface area contributed by atoms with Crippen molar-refractivity contribution in [3.63, 3.8) is 0 Å². The molecule has 5 nitrogen and oxygen atoms in total. The zero-order valence-corrected chi connectivity index (χ0v) is 13.7. The molecule has 1 fully saturated rings. The lowest BCUT2D eigenvalue weighted by atomic mass is 10.3. The van der Waals surface area contributed by atoms with Gasteiger partial charge in [0, 0.05) is 38.1 Å². The summed E-state index contributed by atoms with van der Waals surface area (Å²) in [5.41, 5.74) is 1.26. The lowest BCUT2D eigenvalue weighted by Crippen LogP contribution is -2.47. The number of carbonyl (C=O) groups excluding carboxylic acids is 1. The van der Waals surface area contributed by atoms with E-state index in [-0.39, 0.29) is 5.91 Å². The first-order valence-electron chi connectivity index (χ1n) is 7.02. The Morgan fingerprint density at radius 3 is 2.55 bits per heavy atom. The summed E-state index contributed by atoms with van der Waals surface area (Å²) in [6.07, 6.45) is 3.34. The van der Waals surface area contributed by atoms with Crippen LogP contribution in [0.1, 0.15) is 10.5 Å². The summed E-state index contributed by atoms with van der Waals surface area (Å²) in [6, 6.07) is 5.30. The number of likely N-dealkylation sites (N-methyl/N-ethyl adjacent to an activating group) is 1. The van der Waals surface area contributed by atoms with Crippen LogP contribution in [0.5, 0.6) is 0 Å². The smallest absolute Gasteiger partial charge is 0.274 e. The molecule has 0 spiro atoms. The molecular formula is C15H16Cl2N4O. The van der Waals surface area contributed by atoms with Crippen LogP contribution in [-0.2, 0) is 0 Å². The average Bonchev–Trinajstić information content (AvgIpc) is 3.00. The highest BCUT2D eigenvalue weighted by Gasteiger charge is 2.22. The topological polar surface area (TPSA) is 41.4 Å². The van der Waals surface area contributed by atoms with Crippen molar-refractivity contribution in [3.8, 4) is 5.69 Å². The Balaban J connectivity index is 1.78. The molecule has 1 saturated heterocycles. The van der Waals surface area contributed by atoms with Gasteiger partial charge in [0.2, 0.25) is 0 Å². The van der Waals surface area contributed by atoms with E-state index >= 15 is 0 Å². The first-order valence-corrected chi connectivity index (χ1v) is 7.77. The van der Waals surface area contributed by atoms with Crippen molar-refractivity contribution in [1.82, 2.24) is 19.4 Å². The minimum Gasteiger partial charge on any atom is -0.335 e. The Labute approximate surface area is 139 Å². The lowest BCUT2D eigenvalue weighted by Gasteiger charge is -2.31. The van der Waals surface area contributed by atoms with Crippen LogP contribution in [0.4, 0.5) is 0 Å². The molecule has 1 aromatic heterocycles. The quantitative estimate of drug-likeness (QED) is 0.844. The van der Waals surface area contributed by atoms with E-state index in [1.165, 1.54) is 0 Å². The van der Waals surface area contributed by atoms with Crippen LogP contribution in [0, 0.1) is 0 Å². The summed E-state index contributed by atoms with van der Waals surface area (Å²) >= 11 is 11.9. The van der Waals surface area contributed by atoms with E-state index in [0.717, 1.165) is 31.9 Å². The molecule has 0 atom stereocenters. The predicted octanol–water partition coefficient (Wildman–Crippen LogP) is 2.57. The van der Waals surface area contributed by atoms with Crippen molar-refractivity contribution < 1.29 is 4.79 Å². The fourth-order valence-electron chi connectivity index (χ4n) is 2.39. The highest BCUT2D eigenvalue weighted by Crippen LogP contribution is 2.24. The molecule has 0 N–H and O–H groups in total. The Morgan fingerprint density at radius 2 is 1.86 bits per heavy atom. The van der Waals surface area contributed by atoms with Gasteiger partial charge in [0.1, 0.15) is 12.0 Å². The summed E-state index contributed by atoms with van der Waals surface area (Å²) in [7, 11) is 2.06. The number of amides is 1. The Kier molecular flexibility index (Phi) is 4.38. The van der Waals surface area contributed by atoms with Crippen LogP contribution in [0.2, 0.25) is 10.0 Å². The first-order chi connectivity index (χ1) is 10.5. The zero-order valence-electron chi connectivity index (χ0n) is 12.2. The van der Waals surface area contributed by atoms with Gasteiger partial charge < -0.3 is 14.4 Å². The third-order valence-corrected chi connectivity index (χ3v) is 4.53. The molecule has 2 aromatic rings. The Bertz CT molecular complexity index is 693. The summed E-state index contributed by atoms with van der Waals surface area (Å²) < 4.78 is 1.77. The second-order valence-corrected chi connectivity index (χ2v) is 6.17. The molecule has 116 valence electrons. The van der Waals surface area contributed by atoms with Gasteiger partial charge in [-0.25, -0.2) is 4.98 Å². The number of piperazine rings is 1. The number of benzene rings is 1. The molecule has 0 radical (unpaired) electrons. The average molecular weight is 339 g/mol. The number of hydrogen-bond acceptors (Lipinski definition) is 3. The number of hydrogen-bond donors (Lipinski definition) is 0. The van der Waals surface area contributed by atoms with E-state index in [0.29, 0.717) is 15.7 Å². The molecule has 1 aromatic carbocycles. The molecule has 22 heavy (non-hydrogen) atoms. The normalized spacial score (nSPS) is 16.0. The van der Waals surface area contributed by atoms with Crippen molar-refractivity contribution in [2.45, 2.75) is 0 Å². The van der Waals surface area contributed by atoms with Crippen molar-refractivity contribution in [2.75, 3.05) is 33.2 Å². The standard InChI is InChI=1S/C15H16Cl2N4O/c1-19-4-6-20(7-5-19)15(22)14-9-21(10-18-14)11-2-3-12(16)13(17)8-11/h2-3,8-10H,4-7H2,1H3. The molecular weight excluding hydrogens is 323 g/mol. The zero-order chi connectivity index (χ0) is 15.7. The maximum Gasteiger partial charge on any atom is 0.274 e. The highest BCUT2D eigenvalue weighted by atomic mass is 35.5. The minimum absolute atomic E-state index is 0.0353. The van der Waals surface area contributed by atoms with Crippen LogP contribution < -0.4 is 0 Å². The van der Waals surface area contributed by atoms with Crippen LogP contribution in [0.25, 0.3) is 5.69 Å². The predicted molar refractivity (Wildman–Crippen MR) is 87.0 cm³/mol. The van der Waals surface area contributed by atoms with Crippen LogP contribution in [-0.4, -0.2) is 58.5 Å². The monoisotopic (exact) mass is 338 g/mol. The summed E-state index contributed by atoms with van der Waals surface area (Å²) in [5, 5.41) is 0.971. The van der Waals surface area contributed by atoms with Crippen molar-refractivity contribution >= 4 is 29.1 Å². The SMILES string of the molecule is CN1CCN(C(=O)c2cn(-c3ccc(Cl)c(Cl)c3)cn2)CC1.